The molecular weight excluding hydrogens is 313 g/mol. The van der Waals surface area contributed by atoms with E-state index in [1.807, 2.05) is 31.2 Å². The highest BCUT2D eigenvalue weighted by molar-refractivity contribution is 5.34. The Bertz CT molecular complexity index is 625. The van der Waals surface area contributed by atoms with Gasteiger partial charge in [0.25, 0.3) is 0 Å². The maximum absolute atomic E-state index is 13.4. The molecule has 0 radical (unpaired) electrons. The Kier molecular flexibility index (Phi) is 8.10. The number of benzene rings is 2. The summed E-state index contributed by atoms with van der Waals surface area (Å²) in [5.74, 6) is 0.656. The Labute approximate surface area is 151 Å². The Morgan fingerprint density at radius 2 is 1.84 bits per heavy atom. The normalized spacial score (nSPS) is 14.6. The summed E-state index contributed by atoms with van der Waals surface area (Å²) in [5, 5.41) is 0. The zero-order valence-electron chi connectivity index (χ0n) is 15.4. The summed E-state index contributed by atoms with van der Waals surface area (Å²) < 4.78 is 18.9. The number of halogens is 1. The van der Waals surface area contributed by atoms with E-state index in [0.29, 0.717) is 19.1 Å². The van der Waals surface area contributed by atoms with Crippen molar-refractivity contribution in [3.8, 4) is 0 Å². The number of rotatable bonds is 7. The maximum atomic E-state index is 13.4. The van der Waals surface area contributed by atoms with Crippen LogP contribution in [0.15, 0.2) is 48.5 Å². The SMILES string of the molecule is CC(OCCN)c1ccccc1.CCCc1c(F)cccc1C1CC1. The van der Waals surface area contributed by atoms with Crippen LogP contribution in [-0.4, -0.2) is 13.2 Å². The van der Waals surface area contributed by atoms with E-state index < -0.39 is 0 Å². The van der Waals surface area contributed by atoms with E-state index in [9.17, 15) is 4.39 Å². The van der Waals surface area contributed by atoms with Gasteiger partial charge in [-0.1, -0.05) is 55.8 Å². The first kappa shape index (κ1) is 19.6. The first-order valence-electron chi connectivity index (χ1n) is 9.31. The Balaban J connectivity index is 0.000000181. The Hall–Kier alpha value is -1.71. The summed E-state index contributed by atoms with van der Waals surface area (Å²) in [6.07, 6.45) is 4.56. The summed E-state index contributed by atoms with van der Waals surface area (Å²) in [4.78, 5) is 0. The molecule has 0 heterocycles. The number of hydrogen-bond donors (Lipinski definition) is 1. The van der Waals surface area contributed by atoms with E-state index in [2.05, 4.69) is 25.1 Å². The maximum Gasteiger partial charge on any atom is 0.126 e. The van der Waals surface area contributed by atoms with Crippen molar-refractivity contribution in [1.29, 1.82) is 0 Å². The van der Waals surface area contributed by atoms with Crippen molar-refractivity contribution in [1.82, 2.24) is 0 Å². The van der Waals surface area contributed by atoms with Gasteiger partial charge in [0, 0.05) is 6.54 Å². The smallest absolute Gasteiger partial charge is 0.126 e. The largest absolute Gasteiger partial charge is 0.373 e. The van der Waals surface area contributed by atoms with E-state index in [4.69, 9.17) is 10.5 Å². The molecule has 0 bridgehead atoms. The van der Waals surface area contributed by atoms with Crippen LogP contribution >= 0.6 is 0 Å². The molecule has 25 heavy (non-hydrogen) atoms. The van der Waals surface area contributed by atoms with Crippen LogP contribution in [0.1, 0.15) is 61.8 Å². The molecule has 1 aliphatic carbocycles. The molecule has 0 aliphatic heterocycles. The van der Waals surface area contributed by atoms with Gasteiger partial charge in [-0.25, -0.2) is 4.39 Å². The van der Waals surface area contributed by atoms with Crippen molar-refractivity contribution in [2.24, 2.45) is 5.73 Å². The minimum absolute atomic E-state index is 0.00810. The monoisotopic (exact) mass is 343 g/mol. The molecule has 1 aliphatic rings. The molecule has 1 fully saturated rings. The van der Waals surface area contributed by atoms with Gasteiger partial charge in [0.1, 0.15) is 5.82 Å². The average molecular weight is 343 g/mol. The molecule has 2 aromatic rings. The van der Waals surface area contributed by atoms with Gasteiger partial charge in [-0.3, -0.25) is 0 Å². The standard InChI is InChI=1S/C12H15F.C10H15NO/c1-2-4-11-10(9-7-8-9)5-3-6-12(11)13;1-9(12-8-7-11)10-5-3-2-4-6-10/h3,5-6,9H,2,4,7-8H2,1H3;2-6,9H,7-8,11H2,1H3. The number of hydrogen-bond acceptors (Lipinski definition) is 2. The van der Waals surface area contributed by atoms with E-state index in [1.165, 1.54) is 24.0 Å². The minimum atomic E-state index is -0.00810. The van der Waals surface area contributed by atoms with Crippen LogP contribution in [-0.2, 0) is 11.2 Å². The van der Waals surface area contributed by atoms with Crippen molar-refractivity contribution in [2.75, 3.05) is 13.2 Å². The molecule has 1 saturated carbocycles. The summed E-state index contributed by atoms with van der Waals surface area (Å²) in [6, 6.07) is 15.6. The highest BCUT2D eigenvalue weighted by Crippen LogP contribution is 2.42. The van der Waals surface area contributed by atoms with Crippen molar-refractivity contribution in [3.63, 3.8) is 0 Å². The predicted octanol–water partition coefficient (Wildman–Crippen LogP) is 5.38. The molecule has 2 aromatic carbocycles. The lowest BCUT2D eigenvalue weighted by Gasteiger charge is -2.11. The topological polar surface area (TPSA) is 35.2 Å². The molecule has 136 valence electrons. The first-order valence-corrected chi connectivity index (χ1v) is 9.31. The molecule has 2 nitrogen and oxygen atoms in total. The molecule has 2 N–H and O–H groups in total. The molecule has 0 saturated heterocycles. The lowest BCUT2D eigenvalue weighted by atomic mass is 9.99. The zero-order chi connectivity index (χ0) is 18.1. The molecule has 0 aromatic heterocycles. The molecular formula is C22H30FNO. The molecule has 1 unspecified atom stereocenters. The summed E-state index contributed by atoms with van der Waals surface area (Å²) in [5.41, 5.74) is 8.76. The van der Waals surface area contributed by atoms with Gasteiger partial charge in [-0.05, 0) is 54.9 Å². The highest BCUT2D eigenvalue weighted by Gasteiger charge is 2.26. The lowest BCUT2D eigenvalue weighted by molar-refractivity contribution is 0.0718. The van der Waals surface area contributed by atoms with Crippen LogP contribution < -0.4 is 5.73 Å². The van der Waals surface area contributed by atoms with Gasteiger partial charge < -0.3 is 10.5 Å². The van der Waals surface area contributed by atoms with Crippen LogP contribution in [0.5, 0.6) is 0 Å². The average Bonchev–Trinajstić information content (AvgIpc) is 3.48. The Morgan fingerprint density at radius 1 is 1.12 bits per heavy atom. The van der Waals surface area contributed by atoms with E-state index >= 15 is 0 Å². The van der Waals surface area contributed by atoms with Crippen molar-refractivity contribution in [3.05, 3.63) is 71.0 Å². The molecule has 1 atom stereocenters. The third-order valence-corrected chi connectivity index (χ3v) is 4.43. The quantitative estimate of drug-likeness (QED) is 0.732. The zero-order valence-corrected chi connectivity index (χ0v) is 15.4. The van der Waals surface area contributed by atoms with Crippen LogP contribution in [0.2, 0.25) is 0 Å². The van der Waals surface area contributed by atoms with E-state index in [-0.39, 0.29) is 11.9 Å². The van der Waals surface area contributed by atoms with Gasteiger partial charge in [-0.2, -0.15) is 0 Å². The van der Waals surface area contributed by atoms with Gasteiger partial charge in [0.15, 0.2) is 0 Å². The fourth-order valence-electron chi connectivity index (χ4n) is 2.93. The predicted molar refractivity (Wildman–Crippen MR) is 102 cm³/mol. The van der Waals surface area contributed by atoms with Crippen LogP contribution in [0, 0.1) is 5.82 Å². The van der Waals surface area contributed by atoms with Crippen molar-refractivity contribution in [2.45, 2.75) is 51.6 Å². The molecule has 0 amide bonds. The summed E-state index contributed by atoms with van der Waals surface area (Å²) >= 11 is 0. The second-order valence-electron chi connectivity index (χ2n) is 6.54. The number of nitrogens with two attached hydrogens (primary N) is 1. The van der Waals surface area contributed by atoms with Crippen molar-refractivity contribution < 1.29 is 9.13 Å². The molecule has 3 rings (SSSR count). The Morgan fingerprint density at radius 3 is 2.44 bits per heavy atom. The van der Waals surface area contributed by atoms with Crippen LogP contribution in [0.25, 0.3) is 0 Å². The first-order chi connectivity index (χ1) is 12.2. The fourth-order valence-corrected chi connectivity index (χ4v) is 2.93. The third kappa shape index (κ3) is 6.26. The third-order valence-electron chi connectivity index (χ3n) is 4.43. The molecule has 0 spiro atoms. The van der Waals surface area contributed by atoms with Crippen molar-refractivity contribution >= 4 is 0 Å². The minimum Gasteiger partial charge on any atom is -0.373 e. The number of ether oxygens (including phenoxy) is 1. The second-order valence-corrected chi connectivity index (χ2v) is 6.54. The van der Waals surface area contributed by atoms with E-state index in [0.717, 1.165) is 18.4 Å². The molecule has 3 heteroatoms. The summed E-state index contributed by atoms with van der Waals surface area (Å²) in [7, 11) is 0. The second kappa shape index (κ2) is 10.3. The van der Waals surface area contributed by atoms with E-state index in [1.54, 1.807) is 6.07 Å². The fraction of sp³-hybridized carbons (Fsp3) is 0.455. The highest BCUT2D eigenvalue weighted by atomic mass is 19.1. The van der Waals surface area contributed by atoms with Crippen LogP contribution in [0.3, 0.4) is 0 Å². The van der Waals surface area contributed by atoms with Gasteiger partial charge in [0.2, 0.25) is 0 Å². The van der Waals surface area contributed by atoms with Crippen LogP contribution in [0.4, 0.5) is 4.39 Å². The lowest BCUT2D eigenvalue weighted by Crippen LogP contribution is -2.10. The van der Waals surface area contributed by atoms with Gasteiger partial charge >= 0.3 is 0 Å². The van der Waals surface area contributed by atoms with Gasteiger partial charge in [0.05, 0.1) is 12.7 Å². The van der Waals surface area contributed by atoms with Gasteiger partial charge in [-0.15, -0.1) is 0 Å². The summed E-state index contributed by atoms with van der Waals surface area (Å²) in [6.45, 7) is 5.33.